The summed E-state index contributed by atoms with van der Waals surface area (Å²) < 4.78 is 0. The van der Waals surface area contributed by atoms with E-state index in [-0.39, 0.29) is 12.1 Å². The first-order valence-corrected chi connectivity index (χ1v) is 6.04. The number of aliphatic hydroxyl groups is 5. The van der Waals surface area contributed by atoms with E-state index in [1.54, 1.807) is 0 Å². The van der Waals surface area contributed by atoms with E-state index in [0.29, 0.717) is 5.69 Å². The Morgan fingerprint density at radius 3 is 2.16 bits per heavy atom. The molecule has 0 fully saturated rings. The third-order valence-electron chi connectivity index (χ3n) is 2.80. The fourth-order valence-corrected chi connectivity index (χ4v) is 1.49. The standard InChI is InChI=1S/C12H20N2O5/c1-6(15)10(17)3-8-4-13-5-9(14-8)12(19)11(18)7(2)16/h4-7,10-12,15-19H,3H2,1-2H3/t6-,7-,10+,11-,12+/m1/s1. The lowest BCUT2D eigenvalue weighted by molar-refractivity contribution is -0.0550. The van der Waals surface area contributed by atoms with Crippen molar-refractivity contribution < 1.29 is 25.5 Å². The monoisotopic (exact) mass is 272 g/mol. The molecule has 0 saturated heterocycles. The zero-order chi connectivity index (χ0) is 14.6. The van der Waals surface area contributed by atoms with Crippen LogP contribution in [-0.2, 0) is 6.42 Å². The third kappa shape index (κ3) is 4.48. The Morgan fingerprint density at radius 2 is 1.63 bits per heavy atom. The molecule has 7 nitrogen and oxygen atoms in total. The number of aromatic nitrogens is 2. The zero-order valence-corrected chi connectivity index (χ0v) is 10.9. The van der Waals surface area contributed by atoms with Crippen LogP contribution in [0.2, 0.25) is 0 Å². The average molecular weight is 272 g/mol. The van der Waals surface area contributed by atoms with Gasteiger partial charge in [-0.25, -0.2) is 0 Å². The number of aliphatic hydroxyl groups excluding tert-OH is 5. The highest BCUT2D eigenvalue weighted by Crippen LogP contribution is 2.17. The summed E-state index contributed by atoms with van der Waals surface area (Å²) >= 11 is 0. The second-order valence-corrected chi connectivity index (χ2v) is 4.62. The summed E-state index contributed by atoms with van der Waals surface area (Å²) in [6, 6.07) is 0. The predicted molar refractivity (Wildman–Crippen MR) is 66.1 cm³/mol. The summed E-state index contributed by atoms with van der Waals surface area (Å²) in [5.74, 6) is 0. The topological polar surface area (TPSA) is 127 Å². The first kappa shape index (κ1) is 15.9. The molecule has 108 valence electrons. The van der Waals surface area contributed by atoms with E-state index in [4.69, 9.17) is 0 Å². The first-order chi connectivity index (χ1) is 8.82. The summed E-state index contributed by atoms with van der Waals surface area (Å²) in [5.41, 5.74) is 0.478. The molecule has 0 aliphatic carbocycles. The Balaban J connectivity index is 2.82. The van der Waals surface area contributed by atoms with Gasteiger partial charge in [0.15, 0.2) is 0 Å². The Hall–Kier alpha value is -1.12. The molecule has 5 atom stereocenters. The molecule has 0 aliphatic heterocycles. The highest BCUT2D eigenvalue weighted by molar-refractivity contribution is 5.08. The zero-order valence-electron chi connectivity index (χ0n) is 10.9. The van der Waals surface area contributed by atoms with Crippen LogP contribution < -0.4 is 0 Å². The molecule has 0 amide bonds. The Bertz CT molecular complexity index is 399. The third-order valence-corrected chi connectivity index (χ3v) is 2.80. The van der Waals surface area contributed by atoms with E-state index >= 15 is 0 Å². The Kier molecular flexibility index (Phi) is 5.77. The molecule has 0 aromatic carbocycles. The maximum atomic E-state index is 9.80. The molecule has 0 unspecified atom stereocenters. The smallest absolute Gasteiger partial charge is 0.126 e. The van der Waals surface area contributed by atoms with E-state index in [1.165, 1.54) is 26.2 Å². The van der Waals surface area contributed by atoms with Crippen LogP contribution in [0.4, 0.5) is 0 Å². The van der Waals surface area contributed by atoms with Crippen LogP contribution in [0.5, 0.6) is 0 Å². The van der Waals surface area contributed by atoms with Crippen molar-refractivity contribution in [2.24, 2.45) is 0 Å². The summed E-state index contributed by atoms with van der Waals surface area (Å²) in [5, 5.41) is 47.3. The van der Waals surface area contributed by atoms with E-state index in [1.807, 2.05) is 0 Å². The van der Waals surface area contributed by atoms with Crippen LogP contribution >= 0.6 is 0 Å². The highest BCUT2D eigenvalue weighted by atomic mass is 16.4. The largest absolute Gasteiger partial charge is 0.391 e. The van der Waals surface area contributed by atoms with Gasteiger partial charge >= 0.3 is 0 Å². The van der Waals surface area contributed by atoms with Gasteiger partial charge < -0.3 is 25.5 Å². The quantitative estimate of drug-likeness (QED) is 0.428. The molecule has 0 radical (unpaired) electrons. The van der Waals surface area contributed by atoms with Gasteiger partial charge in [0.25, 0.3) is 0 Å². The normalized spacial score (nSPS) is 19.5. The predicted octanol–water partition coefficient (Wildman–Crippen LogP) is -1.46. The minimum absolute atomic E-state index is 0.0794. The van der Waals surface area contributed by atoms with Crippen LogP contribution in [0, 0.1) is 0 Å². The van der Waals surface area contributed by atoms with Crippen molar-refractivity contribution in [1.82, 2.24) is 9.97 Å². The van der Waals surface area contributed by atoms with Crippen LogP contribution in [0.25, 0.3) is 0 Å². The van der Waals surface area contributed by atoms with Gasteiger partial charge in [-0.2, -0.15) is 0 Å². The minimum atomic E-state index is -1.37. The maximum absolute atomic E-state index is 9.80. The number of rotatable bonds is 6. The molecular formula is C12H20N2O5. The molecule has 19 heavy (non-hydrogen) atoms. The van der Waals surface area contributed by atoms with Gasteiger partial charge in [0.05, 0.1) is 35.9 Å². The summed E-state index contributed by atoms with van der Waals surface area (Å²) in [4.78, 5) is 7.90. The second kappa shape index (κ2) is 6.88. The van der Waals surface area contributed by atoms with Crippen molar-refractivity contribution in [1.29, 1.82) is 0 Å². The molecule has 1 rings (SSSR count). The lowest BCUT2D eigenvalue weighted by atomic mass is 10.1. The summed E-state index contributed by atoms with van der Waals surface area (Å²) in [7, 11) is 0. The Labute approximate surface area is 111 Å². The fraction of sp³-hybridized carbons (Fsp3) is 0.667. The second-order valence-electron chi connectivity index (χ2n) is 4.62. The van der Waals surface area contributed by atoms with Crippen molar-refractivity contribution >= 4 is 0 Å². The molecule has 5 N–H and O–H groups in total. The minimum Gasteiger partial charge on any atom is -0.391 e. The average Bonchev–Trinajstić information content (AvgIpc) is 2.37. The lowest BCUT2D eigenvalue weighted by Gasteiger charge is -2.20. The van der Waals surface area contributed by atoms with E-state index < -0.39 is 30.5 Å². The van der Waals surface area contributed by atoms with Gasteiger partial charge in [-0.05, 0) is 13.8 Å². The van der Waals surface area contributed by atoms with Crippen LogP contribution in [0.15, 0.2) is 12.4 Å². The molecule has 0 aliphatic rings. The highest BCUT2D eigenvalue weighted by Gasteiger charge is 2.24. The number of nitrogens with zero attached hydrogens (tertiary/aromatic N) is 2. The molecule has 0 spiro atoms. The molecule has 7 heteroatoms. The lowest BCUT2D eigenvalue weighted by Crippen LogP contribution is -2.31. The molecule has 1 aromatic heterocycles. The van der Waals surface area contributed by atoms with E-state index in [2.05, 4.69) is 9.97 Å². The van der Waals surface area contributed by atoms with Crippen molar-refractivity contribution in [2.45, 2.75) is 50.8 Å². The number of hydrogen-bond donors (Lipinski definition) is 5. The molecule has 0 bridgehead atoms. The van der Waals surface area contributed by atoms with Crippen molar-refractivity contribution in [2.75, 3.05) is 0 Å². The van der Waals surface area contributed by atoms with Gasteiger partial charge in [-0.1, -0.05) is 0 Å². The van der Waals surface area contributed by atoms with Crippen molar-refractivity contribution in [3.05, 3.63) is 23.8 Å². The summed E-state index contributed by atoms with van der Waals surface area (Å²) in [6.45, 7) is 2.80. The van der Waals surface area contributed by atoms with E-state index in [9.17, 15) is 25.5 Å². The van der Waals surface area contributed by atoms with Crippen molar-refractivity contribution in [3.8, 4) is 0 Å². The molecule has 1 aromatic rings. The molecule has 1 heterocycles. The van der Waals surface area contributed by atoms with Gasteiger partial charge in [-0.3, -0.25) is 9.97 Å². The first-order valence-electron chi connectivity index (χ1n) is 6.04. The Morgan fingerprint density at radius 1 is 1.00 bits per heavy atom. The van der Waals surface area contributed by atoms with E-state index in [0.717, 1.165) is 0 Å². The van der Waals surface area contributed by atoms with Gasteiger partial charge in [-0.15, -0.1) is 0 Å². The summed E-state index contributed by atoms with van der Waals surface area (Å²) in [6.07, 6.45) is -2.98. The molecular weight excluding hydrogens is 252 g/mol. The van der Waals surface area contributed by atoms with Gasteiger partial charge in [0, 0.05) is 12.6 Å². The number of hydrogen-bond acceptors (Lipinski definition) is 7. The van der Waals surface area contributed by atoms with Crippen LogP contribution in [-0.4, -0.2) is 59.9 Å². The molecule has 0 saturated carbocycles. The van der Waals surface area contributed by atoms with Gasteiger partial charge in [0.2, 0.25) is 0 Å². The van der Waals surface area contributed by atoms with Crippen LogP contribution in [0.3, 0.4) is 0 Å². The van der Waals surface area contributed by atoms with Crippen LogP contribution in [0.1, 0.15) is 31.3 Å². The SMILES string of the molecule is C[C@@H](O)[C@@H](O)[C@@H](O)c1cncc(C[C@H](O)[C@@H](C)O)n1. The maximum Gasteiger partial charge on any atom is 0.126 e. The van der Waals surface area contributed by atoms with Gasteiger partial charge in [0.1, 0.15) is 12.2 Å². The van der Waals surface area contributed by atoms with Crippen molar-refractivity contribution in [3.63, 3.8) is 0 Å². The fourth-order valence-electron chi connectivity index (χ4n) is 1.49.